The summed E-state index contributed by atoms with van der Waals surface area (Å²) >= 11 is 0. The molecule has 3 atom stereocenters. The Balaban J connectivity index is 2.32. The van der Waals surface area contributed by atoms with Gasteiger partial charge in [-0.1, -0.05) is 13.8 Å². The topological polar surface area (TPSA) is 78.9 Å². The monoisotopic (exact) mass is 272 g/mol. The Labute approximate surface area is 114 Å². The largest absolute Gasteiger partial charge is 0.481 e. The number of carboxylic acid groups (broad SMARTS) is 1. The van der Waals surface area contributed by atoms with Gasteiger partial charge in [-0.15, -0.1) is 0 Å². The molecule has 1 aliphatic heterocycles. The Morgan fingerprint density at radius 1 is 1.53 bits per heavy atom. The van der Waals surface area contributed by atoms with Crippen LogP contribution in [0.1, 0.15) is 26.7 Å². The van der Waals surface area contributed by atoms with Crippen molar-refractivity contribution in [3.05, 3.63) is 0 Å². The summed E-state index contributed by atoms with van der Waals surface area (Å²) < 4.78 is 5.56. The van der Waals surface area contributed by atoms with Crippen molar-refractivity contribution in [2.45, 2.75) is 32.8 Å². The molecule has 6 nitrogen and oxygen atoms in total. The fourth-order valence-electron chi connectivity index (χ4n) is 2.30. The summed E-state index contributed by atoms with van der Waals surface area (Å²) in [6, 6.07) is -0.227. The van der Waals surface area contributed by atoms with Crippen LogP contribution in [0.25, 0.3) is 0 Å². The number of urea groups is 1. The van der Waals surface area contributed by atoms with E-state index in [1.54, 1.807) is 14.0 Å². The van der Waals surface area contributed by atoms with Crippen molar-refractivity contribution in [2.75, 3.05) is 26.7 Å². The van der Waals surface area contributed by atoms with Crippen LogP contribution in [-0.4, -0.2) is 54.9 Å². The molecule has 0 aromatic heterocycles. The molecule has 0 spiro atoms. The predicted octanol–water partition coefficient (Wildman–Crippen LogP) is 1.16. The number of ether oxygens (including phenoxy) is 1. The normalized spacial score (nSPS) is 23.9. The van der Waals surface area contributed by atoms with Gasteiger partial charge in [0.15, 0.2) is 0 Å². The van der Waals surface area contributed by atoms with E-state index in [1.807, 2.05) is 0 Å². The second-order valence-electron chi connectivity index (χ2n) is 5.17. The fourth-order valence-corrected chi connectivity index (χ4v) is 2.30. The first kappa shape index (κ1) is 15.8. The van der Waals surface area contributed by atoms with Crippen LogP contribution in [0.15, 0.2) is 0 Å². The van der Waals surface area contributed by atoms with Crippen molar-refractivity contribution >= 4 is 12.0 Å². The van der Waals surface area contributed by atoms with E-state index in [4.69, 9.17) is 9.84 Å². The van der Waals surface area contributed by atoms with Gasteiger partial charge in [0.05, 0.1) is 12.0 Å². The number of nitrogens with zero attached hydrogens (tertiary/aromatic N) is 1. The van der Waals surface area contributed by atoms with E-state index in [2.05, 4.69) is 12.2 Å². The SMILES string of the molecule is CCC1OCCC1CNC(=O)N(C)CC(C)C(=O)O. The predicted molar refractivity (Wildman–Crippen MR) is 71.0 cm³/mol. The number of rotatable bonds is 6. The summed E-state index contributed by atoms with van der Waals surface area (Å²) in [5, 5.41) is 11.7. The van der Waals surface area contributed by atoms with E-state index in [0.717, 1.165) is 19.4 Å². The second kappa shape index (κ2) is 7.33. The summed E-state index contributed by atoms with van der Waals surface area (Å²) in [5.74, 6) is -1.09. The average Bonchev–Trinajstić information content (AvgIpc) is 2.82. The minimum absolute atomic E-state index is 0.208. The van der Waals surface area contributed by atoms with Crippen LogP contribution in [0.3, 0.4) is 0 Å². The van der Waals surface area contributed by atoms with E-state index >= 15 is 0 Å². The molecule has 0 aliphatic carbocycles. The Bertz CT molecular complexity index is 322. The number of carboxylic acids is 1. The fraction of sp³-hybridized carbons (Fsp3) is 0.846. The van der Waals surface area contributed by atoms with E-state index < -0.39 is 11.9 Å². The molecule has 110 valence electrons. The van der Waals surface area contributed by atoms with Crippen molar-refractivity contribution in [1.82, 2.24) is 10.2 Å². The lowest BCUT2D eigenvalue weighted by molar-refractivity contribution is -0.141. The Morgan fingerprint density at radius 2 is 2.21 bits per heavy atom. The van der Waals surface area contributed by atoms with Crippen molar-refractivity contribution in [2.24, 2.45) is 11.8 Å². The molecule has 0 bridgehead atoms. The van der Waals surface area contributed by atoms with Gasteiger partial charge in [-0.05, 0) is 12.8 Å². The molecule has 1 saturated heterocycles. The quantitative estimate of drug-likeness (QED) is 0.760. The zero-order valence-corrected chi connectivity index (χ0v) is 11.9. The molecule has 1 fully saturated rings. The smallest absolute Gasteiger partial charge is 0.317 e. The van der Waals surface area contributed by atoms with Crippen LogP contribution < -0.4 is 5.32 Å². The highest BCUT2D eigenvalue weighted by atomic mass is 16.5. The van der Waals surface area contributed by atoms with Crippen LogP contribution >= 0.6 is 0 Å². The van der Waals surface area contributed by atoms with Gasteiger partial charge in [0.2, 0.25) is 0 Å². The molecular formula is C13H24N2O4. The maximum Gasteiger partial charge on any atom is 0.317 e. The van der Waals surface area contributed by atoms with Crippen molar-refractivity contribution in [3.8, 4) is 0 Å². The van der Waals surface area contributed by atoms with Crippen molar-refractivity contribution < 1.29 is 19.4 Å². The molecule has 0 radical (unpaired) electrons. The van der Waals surface area contributed by atoms with E-state index in [1.165, 1.54) is 4.90 Å². The minimum Gasteiger partial charge on any atom is -0.481 e. The van der Waals surface area contributed by atoms with E-state index in [0.29, 0.717) is 12.5 Å². The summed E-state index contributed by atoms with van der Waals surface area (Å²) in [5.41, 5.74) is 0. The average molecular weight is 272 g/mol. The molecule has 1 aliphatic rings. The zero-order valence-electron chi connectivity index (χ0n) is 11.9. The molecule has 1 rings (SSSR count). The lowest BCUT2D eigenvalue weighted by Gasteiger charge is -2.22. The number of aliphatic carboxylic acids is 1. The number of carbonyl (C=O) groups is 2. The standard InChI is InChI=1S/C13H24N2O4/c1-4-11-10(5-6-19-11)7-14-13(18)15(3)8-9(2)12(16)17/h9-11H,4-8H2,1-3H3,(H,14,18)(H,16,17). The Hall–Kier alpha value is -1.30. The molecule has 2 amide bonds. The van der Waals surface area contributed by atoms with Crippen molar-refractivity contribution in [1.29, 1.82) is 0 Å². The third-order valence-corrected chi connectivity index (χ3v) is 3.58. The van der Waals surface area contributed by atoms with Gasteiger partial charge in [-0.2, -0.15) is 0 Å². The van der Waals surface area contributed by atoms with Crippen LogP contribution in [0.2, 0.25) is 0 Å². The first-order chi connectivity index (χ1) is 8.95. The molecule has 19 heavy (non-hydrogen) atoms. The van der Waals surface area contributed by atoms with Crippen LogP contribution in [0, 0.1) is 11.8 Å². The van der Waals surface area contributed by atoms with Crippen LogP contribution in [0.5, 0.6) is 0 Å². The highest BCUT2D eigenvalue weighted by Gasteiger charge is 2.27. The van der Waals surface area contributed by atoms with Gasteiger partial charge in [-0.3, -0.25) is 4.79 Å². The molecular weight excluding hydrogens is 248 g/mol. The summed E-state index contributed by atoms with van der Waals surface area (Å²) in [6.45, 7) is 5.21. The van der Waals surface area contributed by atoms with Gasteiger partial charge in [-0.25, -0.2) is 4.79 Å². The van der Waals surface area contributed by atoms with Gasteiger partial charge < -0.3 is 20.1 Å². The highest BCUT2D eigenvalue weighted by Crippen LogP contribution is 2.22. The first-order valence-electron chi connectivity index (χ1n) is 6.79. The molecule has 3 unspecified atom stereocenters. The summed E-state index contributed by atoms with van der Waals surface area (Å²) in [7, 11) is 1.61. The van der Waals surface area contributed by atoms with E-state index in [-0.39, 0.29) is 18.7 Å². The lowest BCUT2D eigenvalue weighted by Crippen LogP contribution is -2.43. The van der Waals surface area contributed by atoms with Gasteiger partial charge >= 0.3 is 12.0 Å². The maximum atomic E-state index is 11.8. The molecule has 1 heterocycles. The Kier molecular flexibility index (Phi) is 6.08. The van der Waals surface area contributed by atoms with Gasteiger partial charge in [0.1, 0.15) is 0 Å². The Morgan fingerprint density at radius 3 is 2.79 bits per heavy atom. The molecule has 0 saturated carbocycles. The highest BCUT2D eigenvalue weighted by molar-refractivity contribution is 5.75. The van der Waals surface area contributed by atoms with Gasteiger partial charge in [0, 0.05) is 32.7 Å². The second-order valence-corrected chi connectivity index (χ2v) is 5.17. The number of nitrogens with one attached hydrogen (secondary N) is 1. The molecule has 0 aromatic carbocycles. The van der Waals surface area contributed by atoms with E-state index in [9.17, 15) is 9.59 Å². The van der Waals surface area contributed by atoms with Gasteiger partial charge in [0.25, 0.3) is 0 Å². The number of carbonyl (C=O) groups excluding carboxylic acids is 1. The van der Waals surface area contributed by atoms with Crippen LogP contribution in [-0.2, 0) is 9.53 Å². The minimum atomic E-state index is -0.894. The lowest BCUT2D eigenvalue weighted by atomic mass is 10.00. The third kappa shape index (κ3) is 4.70. The number of hydrogen-bond donors (Lipinski definition) is 2. The summed E-state index contributed by atoms with van der Waals surface area (Å²) in [6.07, 6.45) is 2.14. The zero-order chi connectivity index (χ0) is 14.4. The number of hydrogen-bond acceptors (Lipinski definition) is 3. The third-order valence-electron chi connectivity index (χ3n) is 3.58. The first-order valence-corrected chi connectivity index (χ1v) is 6.79. The number of amides is 2. The molecule has 2 N–H and O–H groups in total. The van der Waals surface area contributed by atoms with Crippen LogP contribution in [0.4, 0.5) is 4.79 Å². The maximum absolute atomic E-state index is 11.8. The summed E-state index contributed by atoms with van der Waals surface area (Å²) in [4.78, 5) is 24.0. The molecule has 6 heteroatoms. The van der Waals surface area contributed by atoms with Crippen molar-refractivity contribution in [3.63, 3.8) is 0 Å². The molecule has 0 aromatic rings.